The fourth-order valence-corrected chi connectivity index (χ4v) is 2.67. The van der Waals surface area contributed by atoms with Gasteiger partial charge in [-0.15, -0.1) is 0 Å². The molecule has 2 heterocycles. The normalized spacial score (nSPS) is 23.2. The van der Waals surface area contributed by atoms with Crippen LogP contribution in [-0.2, 0) is 18.4 Å². The van der Waals surface area contributed by atoms with Gasteiger partial charge >= 0.3 is 0 Å². The molecule has 100 valence electrons. The number of aromatic nitrogens is 2. The van der Waals surface area contributed by atoms with Crippen LogP contribution in [0.2, 0.25) is 0 Å². The summed E-state index contributed by atoms with van der Waals surface area (Å²) in [6, 6.07) is 1.93. The Morgan fingerprint density at radius 1 is 1.67 bits per heavy atom. The molecule has 1 aliphatic heterocycles. The van der Waals surface area contributed by atoms with Crippen LogP contribution in [0.15, 0.2) is 12.3 Å². The molecule has 0 aliphatic carbocycles. The molecule has 0 radical (unpaired) electrons. The highest BCUT2D eigenvalue weighted by atomic mass is 16.2. The van der Waals surface area contributed by atoms with Crippen molar-refractivity contribution >= 4 is 5.91 Å². The third-order valence-corrected chi connectivity index (χ3v) is 3.71. The van der Waals surface area contributed by atoms with Crippen LogP contribution in [0.3, 0.4) is 0 Å². The zero-order chi connectivity index (χ0) is 13.0. The maximum absolute atomic E-state index is 12.4. The van der Waals surface area contributed by atoms with E-state index in [1.54, 1.807) is 10.9 Å². The summed E-state index contributed by atoms with van der Waals surface area (Å²) >= 11 is 0. The second-order valence-electron chi connectivity index (χ2n) is 4.99. The molecular formula is C13H22N4O. The average Bonchev–Trinajstić information content (AvgIpc) is 2.97. The predicted octanol–water partition coefficient (Wildman–Crippen LogP) is 0.959. The molecule has 18 heavy (non-hydrogen) atoms. The summed E-state index contributed by atoms with van der Waals surface area (Å²) in [6.45, 7) is 3.61. The lowest BCUT2D eigenvalue weighted by molar-refractivity contribution is -0.127. The highest BCUT2D eigenvalue weighted by molar-refractivity contribution is 5.86. The molecule has 1 unspecified atom stereocenters. The van der Waals surface area contributed by atoms with E-state index in [9.17, 15) is 4.79 Å². The number of carbonyl (C=O) groups excluding carboxylic acids is 1. The maximum atomic E-state index is 12.4. The predicted molar refractivity (Wildman–Crippen MR) is 69.9 cm³/mol. The largest absolute Gasteiger partial charge is 0.349 e. The van der Waals surface area contributed by atoms with Gasteiger partial charge in [0.1, 0.15) is 0 Å². The number of amides is 1. The molecule has 1 amide bonds. The van der Waals surface area contributed by atoms with E-state index in [-0.39, 0.29) is 11.4 Å². The Bertz CT molecular complexity index is 407. The van der Waals surface area contributed by atoms with E-state index in [0.29, 0.717) is 6.54 Å². The fourth-order valence-electron chi connectivity index (χ4n) is 2.67. The Labute approximate surface area is 108 Å². The summed E-state index contributed by atoms with van der Waals surface area (Å²) in [5.74, 6) is 0.128. The molecule has 2 N–H and O–H groups in total. The van der Waals surface area contributed by atoms with E-state index in [1.165, 1.54) is 0 Å². The zero-order valence-corrected chi connectivity index (χ0v) is 11.2. The molecular weight excluding hydrogens is 228 g/mol. The molecule has 0 aromatic carbocycles. The lowest BCUT2D eigenvalue weighted by Gasteiger charge is -2.27. The minimum Gasteiger partial charge on any atom is -0.349 e. The van der Waals surface area contributed by atoms with Gasteiger partial charge in [0.2, 0.25) is 5.91 Å². The molecule has 0 saturated carbocycles. The number of carbonyl (C=O) groups is 1. The lowest BCUT2D eigenvalue weighted by atomic mass is 9.91. The first-order valence-corrected chi connectivity index (χ1v) is 6.68. The zero-order valence-electron chi connectivity index (χ0n) is 11.2. The van der Waals surface area contributed by atoms with Crippen LogP contribution in [0.4, 0.5) is 0 Å². The maximum Gasteiger partial charge on any atom is 0.240 e. The summed E-state index contributed by atoms with van der Waals surface area (Å²) in [5, 5.41) is 10.5. The summed E-state index contributed by atoms with van der Waals surface area (Å²) < 4.78 is 1.79. The number of hydrogen-bond acceptors (Lipinski definition) is 3. The fraction of sp³-hybridized carbons (Fsp3) is 0.692. The van der Waals surface area contributed by atoms with Gasteiger partial charge < -0.3 is 10.6 Å². The van der Waals surface area contributed by atoms with E-state index < -0.39 is 0 Å². The Morgan fingerprint density at radius 2 is 2.50 bits per heavy atom. The summed E-state index contributed by atoms with van der Waals surface area (Å²) in [4.78, 5) is 12.4. The smallest absolute Gasteiger partial charge is 0.240 e. The topological polar surface area (TPSA) is 59.0 Å². The SMILES string of the molecule is CCCC1(C(=O)NCc2ccnn2C)CCCN1. The van der Waals surface area contributed by atoms with Crippen LogP contribution in [0.25, 0.3) is 0 Å². The second kappa shape index (κ2) is 5.52. The third kappa shape index (κ3) is 2.56. The number of nitrogens with one attached hydrogen (secondary N) is 2. The van der Waals surface area contributed by atoms with E-state index in [2.05, 4.69) is 22.7 Å². The van der Waals surface area contributed by atoms with Crippen LogP contribution >= 0.6 is 0 Å². The van der Waals surface area contributed by atoms with E-state index >= 15 is 0 Å². The first kappa shape index (κ1) is 13.1. The van der Waals surface area contributed by atoms with Crippen molar-refractivity contribution in [1.29, 1.82) is 0 Å². The van der Waals surface area contributed by atoms with Gasteiger partial charge in [0, 0.05) is 13.2 Å². The van der Waals surface area contributed by atoms with Gasteiger partial charge in [-0.2, -0.15) is 5.10 Å². The lowest BCUT2D eigenvalue weighted by Crippen LogP contribution is -2.53. The molecule has 0 spiro atoms. The van der Waals surface area contributed by atoms with Crippen LogP contribution in [-0.4, -0.2) is 27.8 Å². The van der Waals surface area contributed by atoms with Gasteiger partial charge in [-0.25, -0.2) is 0 Å². The Morgan fingerprint density at radius 3 is 3.06 bits per heavy atom. The molecule has 5 nitrogen and oxygen atoms in total. The second-order valence-corrected chi connectivity index (χ2v) is 4.99. The average molecular weight is 250 g/mol. The van der Waals surface area contributed by atoms with Crippen molar-refractivity contribution in [3.05, 3.63) is 18.0 Å². The van der Waals surface area contributed by atoms with Crippen LogP contribution in [0.1, 0.15) is 38.3 Å². The summed E-state index contributed by atoms with van der Waals surface area (Å²) in [7, 11) is 1.89. The quantitative estimate of drug-likeness (QED) is 0.818. The number of hydrogen-bond donors (Lipinski definition) is 2. The standard InChI is InChI=1S/C13H22N4O/c1-3-6-13(7-4-8-15-13)12(18)14-10-11-5-9-16-17(11)2/h5,9,15H,3-4,6-8,10H2,1-2H3,(H,14,18). The van der Waals surface area contributed by atoms with Crippen molar-refractivity contribution < 1.29 is 4.79 Å². The first-order valence-electron chi connectivity index (χ1n) is 6.68. The number of aryl methyl sites for hydroxylation is 1. The van der Waals surface area contributed by atoms with Crippen molar-refractivity contribution in [2.24, 2.45) is 7.05 Å². The van der Waals surface area contributed by atoms with Gasteiger partial charge in [0.25, 0.3) is 0 Å². The van der Waals surface area contributed by atoms with Crippen molar-refractivity contribution in [1.82, 2.24) is 20.4 Å². The highest BCUT2D eigenvalue weighted by Crippen LogP contribution is 2.24. The van der Waals surface area contributed by atoms with Crippen LogP contribution in [0.5, 0.6) is 0 Å². The minimum absolute atomic E-state index is 0.128. The molecule has 1 saturated heterocycles. The molecule has 1 aromatic rings. The first-order chi connectivity index (χ1) is 8.68. The molecule has 1 fully saturated rings. The molecule has 0 bridgehead atoms. The highest BCUT2D eigenvalue weighted by Gasteiger charge is 2.39. The van der Waals surface area contributed by atoms with Crippen LogP contribution in [0, 0.1) is 0 Å². The van der Waals surface area contributed by atoms with Gasteiger partial charge in [0.15, 0.2) is 0 Å². The monoisotopic (exact) mass is 250 g/mol. The van der Waals surface area contributed by atoms with E-state index in [0.717, 1.165) is 37.9 Å². The van der Waals surface area contributed by atoms with Crippen LogP contribution < -0.4 is 10.6 Å². The van der Waals surface area contributed by atoms with Crippen molar-refractivity contribution in [3.63, 3.8) is 0 Å². The number of nitrogens with zero attached hydrogens (tertiary/aromatic N) is 2. The minimum atomic E-state index is -0.340. The summed E-state index contributed by atoms with van der Waals surface area (Å²) in [6.07, 6.45) is 5.70. The number of rotatable bonds is 5. The van der Waals surface area contributed by atoms with Crippen molar-refractivity contribution in [2.75, 3.05) is 6.54 Å². The van der Waals surface area contributed by atoms with Gasteiger partial charge in [0.05, 0.1) is 17.8 Å². The third-order valence-electron chi connectivity index (χ3n) is 3.71. The van der Waals surface area contributed by atoms with Gasteiger partial charge in [-0.05, 0) is 31.9 Å². The Kier molecular flexibility index (Phi) is 4.01. The molecule has 2 rings (SSSR count). The van der Waals surface area contributed by atoms with E-state index in [4.69, 9.17) is 0 Å². The molecule has 5 heteroatoms. The Balaban J connectivity index is 1.96. The van der Waals surface area contributed by atoms with Crippen molar-refractivity contribution in [3.8, 4) is 0 Å². The van der Waals surface area contributed by atoms with Gasteiger partial charge in [-0.1, -0.05) is 13.3 Å². The van der Waals surface area contributed by atoms with Crippen molar-refractivity contribution in [2.45, 2.75) is 44.7 Å². The Hall–Kier alpha value is -1.36. The van der Waals surface area contributed by atoms with E-state index in [1.807, 2.05) is 13.1 Å². The summed E-state index contributed by atoms with van der Waals surface area (Å²) in [5.41, 5.74) is 0.681. The molecule has 1 aliphatic rings. The molecule has 1 atom stereocenters. The molecule has 1 aromatic heterocycles. The van der Waals surface area contributed by atoms with Gasteiger partial charge in [-0.3, -0.25) is 9.48 Å².